The van der Waals surface area contributed by atoms with E-state index in [1.165, 1.54) is 12.1 Å². The van der Waals surface area contributed by atoms with E-state index >= 15 is 0 Å². The summed E-state index contributed by atoms with van der Waals surface area (Å²) in [6.07, 6.45) is 2.24. The predicted molar refractivity (Wildman–Crippen MR) is 84.1 cm³/mol. The Morgan fingerprint density at radius 2 is 2.05 bits per heavy atom. The second kappa shape index (κ2) is 8.13. The third kappa shape index (κ3) is 6.71. The van der Waals surface area contributed by atoms with Crippen LogP contribution in [0.2, 0.25) is 0 Å². The Kier molecular flexibility index (Phi) is 6.82. The molecule has 21 heavy (non-hydrogen) atoms. The fraction of sp³-hybridized carbons (Fsp3) is 0.588. The number of benzene rings is 1. The molecule has 1 atom stereocenters. The smallest absolute Gasteiger partial charge is 0.220 e. The summed E-state index contributed by atoms with van der Waals surface area (Å²) >= 11 is 0. The lowest BCUT2D eigenvalue weighted by Crippen LogP contribution is -2.27. The minimum Gasteiger partial charge on any atom is -0.352 e. The second-order valence-electron chi connectivity index (χ2n) is 6.59. The average molecular weight is 294 g/mol. The van der Waals surface area contributed by atoms with Gasteiger partial charge in [0.25, 0.3) is 0 Å². The Hall–Kier alpha value is -1.42. The van der Waals surface area contributed by atoms with Crippen molar-refractivity contribution < 1.29 is 9.18 Å². The summed E-state index contributed by atoms with van der Waals surface area (Å²) < 4.78 is 13.0. The van der Waals surface area contributed by atoms with Crippen molar-refractivity contribution in [2.45, 2.75) is 46.6 Å². The molecule has 0 fully saturated rings. The van der Waals surface area contributed by atoms with Gasteiger partial charge in [0.15, 0.2) is 0 Å². The van der Waals surface area contributed by atoms with Crippen molar-refractivity contribution in [3.63, 3.8) is 0 Å². The van der Waals surface area contributed by atoms with Crippen molar-refractivity contribution in [2.75, 3.05) is 6.54 Å². The van der Waals surface area contributed by atoms with Crippen LogP contribution in [0.25, 0.3) is 0 Å². The Balaban J connectivity index is 2.39. The number of carbonyl (C=O) groups excluding carboxylic acids is 1. The third-order valence-electron chi connectivity index (χ3n) is 3.84. The Morgan fingerprint density at radius 1 is 1.33 bits per heavy atom. The van der Waals surface area contributed by atoms with Gasteiger partial charge in [-0.15, -0.1) is 0 Å². The van der Waals surface area contributed by atoms with Gasteiger partial charge in [-0.05, 0) is 48.4 Å². The molecule has 3 nitrogen and oxygen atoms in total. The molecule has 0 heterocycles. The molecule has 1 amide bonds. The van der Waals surface area contributed by atoms with Crippen LogP contribution in [0, 0.1) is 17.2 Å². The average Bonchev–Trinajstić information content (AvgIpc) is 2.40. The van der Waals surface area contributed by atoms with E-state index in [-0.39, 0.29) is 17.1 Å². The summed E-state index contributed by atoms with van der Waals surface area (Å²) in [4.78, 5) is 11.9. The molecule has 0 spiro atoms. The molecule has 118 valence electrons. The van der Waals surface area contributed by atoms with Crippen LogP contribution < -0.4 is 11.1 Å². The molecule has 0 aliphatic rings. The summed E-state index contributed by atoms with van der Waals surface area (Å²) in [7, 11) is 0. The minimum absolute atomic E-state index is 0.00512. The molecule has 1 rings (SSSR count). The molecule has 0 aliphatic carbocycles. The van der Waals surface area contributed by atoms with Crippen LogP contribution in [0.5, 0.6) is 0 Å². The largest absolute Gasteiger partial charge is 0.352 e. The number of halogens is 1. The number of nitrogens with two attached hydrogens (primary N) is 1. The van der Waals surface area contributed by atoms with Crippen molar-refractivity contribution in [3.05, 3.63) is 35.6 Å². The molecule has 1 aromatic rings. The first-order valence-electron chi connectivity index (χ1n) is 7.54. The maximum Gasteiger partial charge on any atom is 0.220 e. The lowest BCUT2D eigenvalue weighted by atomic mass is 9.76. The van der Waals surface area contributed by atoms with Gasteiger partial charge in [-0.2, -0.15) is 0 Å². The van der Waals surface area contributed by atoms with E-state index in [0.717, 1.165) is 18.4 Å². The zero-order valence-corrected chi connectivity index (χ0v) is 13.3. The van der Waals surface area contributed by atoms with Crippen molar-refractivity contribution >= 4 is 5.91 Å². The van der Waals surface area contributed by atoms with Gasteiger partial charge in [0.2, 0.25) is 5.91 Å². The lowest BCUT2D eigenvalue weighted by molar-refractivity contribution is -0.121. The fourth-order valence-electron chi connectivity index (χ4n) is 2.45. The van der Waals surface area contributed by atoms with Gasteiger partial charge >= 0.3 is 0 Å². The Labute approximate surface area is 127 Å². The zero-order valence-electron chi connectivity index (χ0n) is 13.3. The molecule has 0 bridgehead atoms. The minimum atomic E-state index is -0.280. The summed E-state index contributed by atoms with van der Waals surface area (Å²) in [6, 6.07) is 6.28. The van der Waals surface area contributed by atoms with E-state index in [1.807, 2.05) is 0 Å². The summed E-state index contributed by atoms with van der Waals surface area (Å²) in [5.74, 6) is 0.158. The molecule has 1 unspecified atom stereocenters. The monoisotopic (exact) mass is 294 g/mol. The summed E-state index contributed by atoms with van der Waals surface area (Å²) in [5, 5.41) is 2.84. The van der Waals surface area contributed by atoms with Crippen LogP contribution in [-0.2, 0) is 11.3 Å². The number of hydrogen-bond donors (Lipinski definition) is 2. The van der Waals surface area contributed by atoms with Crippen molar-refractivity contribution in [1.82, 2.24) is 5.32 Å². The lowest BCUT2D eigenvalue weighted by Gasteiger charge is -2.30. The van der Waals surface area contributed by atoms with E-state index in [1.54, 1.807) is 12.1 Å². The highest BCUT2D eigenvalue weighted by atomic mass is 19.1. The topological polar surface area (TPSA) is 55.1 Å². The van der Waals surface area contributed by atoms with Crippen LogP contribution in [0.1, 0.15) is 45.6 Å². The third-order valence-corrected chi connectivity index (χ3v) is 3.84. The van der Waals surface area contributed by atoms with Gasteiger partial charge in [-0.3, -0.25) is 4.79 Å². The van der Waals surface area contributed by atoms with Crippen LogP contribution in [-0.4, -0.2) is 12.5 Å². The van der Waals surface area contributed by atoms with E-state index in [9.17, 15) is 9.18 Å². The highest BCUT2D eigenvalue weighted by Gasteiger charge is 2.24. The second-order valence-corrected chi connectivity index (χ2v) is 6.59. The van der Waals surface area contributed by atoms with Gasteiger partial charge < -0.3 is 11.1 Å². The highest BCUT2D eigenvalue weighted by molar-refractivity contribution is 5.75. The molecule has 3 N–H and O–H groups in total. The van der Waals surface area contributed by atoms with E-state index in [2.05, 4.69) is 26.1 Å². The fourth-order valence-corrected chi connectivity index (χ4v) is 2.45. The molecular formula is C17H27FN2O. The summed E-state index contributed by atoms with van der Waals surface area (Å²) in [5.41, 5.74) is 6.58. The van der Waals surface area contributed by atoms with Gasteiger partial charge in [0.05, 0.1) is 0 Å². The quantitative estimate of drug-likeness (QED) is 0.811. The normalized spacial score (nSPS) is 13.0. The Bertz CT molecular complexity index is 454. The molecule has 1 aromatic carbocycles. The number of amides is 1. The number of carbonyl (C=O) groups is 1. The first-order valence-corrected chi connectivity index (χ1v) is 7.54. The van der Waals surface area contributed by atoms with Crippen LogP contribution in [0.15, 0.2) is 24.3 Å². The van der Waals surface area contributed by atoms with Crippen LogP contribution in [0.4, 0.5) is 4.39 Å². The maximum atomic E-state index is 13.0. The van der Waals surface area contributed by atoms with E-state index < -0.39 is 0 Å². The molecular weight excluding hydrogens is 267 g/mol. The molecule has 0 radical (unpaired) electrons. The molecule has 0 aliphatic heterocycles. The maximum absolute atomic E-state index is 13.0. The molecule has 4 heteroatoms. The standard InChI is InChI=1S/C17H27FN2O/c1-17(2,3)14(9-10-19)7-8-16(21)20-12-13-5-4-6-15(18)11-13/h4-6,11,14H,7-10,12,19H2,1-3H3,(H,20,21). The van der Waals surface area contributed by atoms with Gasteiger partial charge in [0, 0.05) is 13.0 Å². The number of hydrogen-bond acceptors (Lipinski definition) is 2. The van der Waals surface area contributed by atoms with Gasteiger partial charge in [-0.1, -0.05) is 32.9 Å². The molecule has 0 saturated carbocycles. The summed E-state index contributed by atoms with van der Waals surface area (Å²) in [6.45, 7) is 7.55. The van der Waals surface area contributed by atoms with Crippen molar-refractivity contribution in [2.24, 2.45) is 17.1 Å². The van der Waals surface area contributed by atoms with E-state index in [0.29, 0.717) is 25.4 Å². The first kappa shape index (κ1) is 17.6. The van der Waals surface area contributed by atoms with Crippen molar-refractivity contribution in [3.8, 4) is 0 Å². The zero-order chi connectivity index (χ0) is 15.9. The Morgan fingerprint density at radius 3 is 2.62 bits per heavy atom. The van der Waals surface area contributed by atoms with E-state index in [4.69, 9.17) is 5.73 Å². The SMILES string of the molecule is CC(C)(C)C(CCN)CCC(=O)NCc1cccc(F)c1. The van der Waals surface area contributed by atoms with Crippen molar-refractivity contribution in [1.29, 1.82) is 0 Å². The predicted octanol–water partition coefficient (Wildman–Crippen LogP) is 3.23. The number of rotatable bonds is 7. The number of nitrogens with one attached hydrogen (secondary N) is 1. The first-order chi connectivity index (χ1) is 9.82. The van der Waals surface area contributed by atoms with Crippen LogP contribution in [0.3, 0.4) is 0 Å². The van der Waals surface area contributed by atoms with Crippen LogP contribution >= 0.6 is 0 Å². The van der Waals surface area contributed by atoms with Gasteiger partial charge in [-0.25, -0.2) is 4.39 Å². The molecule has 0 aromatic heterocycles. The molecule has 0 saturated heterocycles. The van der Waals surface area contributed by atoms with Gasteiger partial charge in [0.1, 0.15) is 5.82 Å². The highest BCUT2D eigenvalue weighted by Crippen LogP contribution is 2.31.